The van der Waals surface area contributed by atoms with E-state index in [1.165, 1.54) is 12.0 Å². The van der Waals surface area contributed by atoms with Gasteiger partial charge in [-0.25, -0.2) is 0 Å². The van der Waals surface area contributed by atoms with Crippen molar-refractivity contribution in [1.82, 2.24) is 5.32 Å². The highest BCUT2D eigenvalue weighted by Gasteiger charge is 2.14. The molecule has 136 valence electrons. The minimum atomic E-state index is -0.651. The summed E-state index contributed by atoms with van der Waals surface area (Å²) in [7, 11) is 1.34. The fraction of sp³-hybridized carbons (Fsp3) is 0.250. The average molecular weight is 370 g/mol. The average Bonchev–Trinajstić information content (AvgIpc) is 3.17. The van der Waals surface area contributed by atoms with Gasteiger partial charge in [0.05, 0.1) is 7.11 Å². The molecular formula is C20H22N2O3S. The lowest BCUT2D eigenvalue weighted by atomic mass is 10.1. The first-order valence-electron chi connectivity index (χ1n) is 8.38. The SMILES string of the molecule is COC(=O)C(N)Cc1ccc(Oc2ccc(C=C3CNCS3)cc2)cc1. The summed E-state index contributed by atoms with van der Waals surface area (Å²) in [6.07, 6.45) is 2.62. The van der Waals surface area contributed by atoms with E-state index < -0.39 is 12.0 Å². The molecule has 5 nitrogen and oxygen atoms in total. The minimum absolute atomic E-state index is 0.410. The third-order valence-electron chi connectivity index (χ3n) is 3.99. The van der Waals surface area contributed by atoms with E-state index in [4.69, 9.17) is 10.5 Å². The maximum atomic E-state index is 11.4. The van der Waals surface area contributed by atoms with Gasteiger partial charge in [0.15, 0.2) is 0 Å². The van der Waals surface area contributed by atoms with Crippen LogP contribution in [0.1, 0.15) is 11.1 Å². The molecule has 0 bridgehead atoms. The standard InChI is InChI=1S/C20H22N2O3S/c1-24-20(23)19(21)11-15-4-8-17(9-5-15)25-16-6-2-14(3-7-16)10-18-12-22-13-26-18/h2-10,19,22H,11-13,21H2,1H3. The summed E-state index contributed by atoms with van der Waals surface area (Å²) in [5.41, 5.74) is 7.90. The second-order valence-electron chi connectivity index (χ2n) is 5.97. The second-order valence-corrected chi connectivity index (χ2v) is 7.08. The van der Waals surface area contributed by atoms with Crippen LogP contribution < -0.4 is 15.8 Å². The summed E-state index contributed by atoms with van der Waals surface area (Å²) < 4.78 is 10.5. The lowest BCUT2D eigenvalue weighted by Gasteiger charge is -2.10. The first-order chi connectivity index (χ1) is 12.6. The van der Waals surface area contributed by atoms with E-state index in [1.807, 2.05) is 60.3 Å². The second kappa shape index (κ2) is 8.89. The van der Waals surface area contributed by atoms with Gasteiger partial charge in [0.2, 0.25) is 0 Å². The predicted molar refractivity (Wildman–Crippen MR) is 105 cm³/mol. The van der Waals surface area contributed by atoms with Gasteiger partial charge >= 0.3 is 5.97 Å². The lowest BCUT2D eigenvalue weighted by Crippen LogP contribution is -2.33. The lowest BCUT2D eigenvalue weighted by molar-refractivity contribution is -0.142. The summed E-state index contributed by atoms with van der Waals surface area (Å²) in [4.78, 5) is 12.7. The zero-order valence-electron chi connectivity index (χ0n) is 14.6. The number of hydrogen-bond acceptors (Lipinski definition) is 6. The first-order valence-corrected chi connectivity index (χ1v) is 9.37. The van der Waals surface area contributed by atoms with E-state index in [1.54, 1.807) is 0 Å². The molecule has 3 N–H and O–H groups in total. The van der Waals surface area contributed by atoms with Gasteiger partial charge < -0.3 is 20.5 Å². The van der Waals surface area contributed by atoms with Gasteiger partial charge in [-0.15, -0.1) is 11.8 Å². The van der Waals surface area contributed by atoms with E-state index >= 15 is 0 Å². The summed E-state index contributed by atoms with van der Waals surface area (Å²) in [5.74, 6) is 2.09. The maximum Gasteiger partial charge on any atom is 0.322 e. The molecule has 0 saturated carbocycles. The Kier molecular flexibility index (Phi) is 6.33. The summed E-state index contributed by atoms with van der Waals surface area (Å²) in [5, 5.41) is 3.30. The normalized spacial score (nSPS) is 16.5. The molecule has 0 aliphatic carbocycles. The zero-order chi connectivity index (χ0) is 18.4. The number of nitrogens with two attached hydrogens (primary N) is 1. The molecule has 1 saturated heterocycles. The van der Waals surface area contributed by atoms with Gasteiger partial charge in [-0.05, 0) is 47.9 Å². The van der Waals surface area contributed by atoms with Crippen molar-refractivity contribution in [3.8, 4) is 11.5 Å². The Morgan fingerprint density at radius 1 is 1.19 bits per heavy atom. The van der Waals surface area contributed by atoms with Crippen molar-refractivity contribution in [1.29, 1.82) is 0 Å². The van der Waals surface area contributed by atoms with Crippen LogP contribution in [-0.4, -0.2) is 31.5 Å². The number of hydrogen-bond donors (Lipinski definition) is 2. The molecule has 0 aromatic heterocycles. The smallest absolute Gasteiger partial charge is 0.322 e. The molecular weight excluding hydrogens is 348 g/mol. The van der Waals surface area contributed by atoms with E-state index in [0.29, 0.717) is 6.42 Å². The van der Waals surface area contributed by atoms with Crippen LogP contribution in [-0.2, 0) is 16.0 Å². The maximum absolute atomic E-state index is 11.4. The highest BCUT2D eigenvalue weighted by molar-refractivity contribution is 8.03. The van der Waals surface area contributed by atoms with E-state index in [9.17, 15) is 4.79 Å². The molecule has 1 atom stereocenters. The molecule has 26 heavy (non-hydrogen) atoms. The summed E-state index contributed by atoms with van der Waals surface area (Å²) in [6, 6.07) is 14.9. The van der Waals surface area contributed by atoms with Crippen molar-refractivity contribution >= 4 is 23.8 Å². The van der Waals surface area contributed by atoms with Crippen molar-refractivity contribution in [2.45, 2.75) is 12.5 Å². The third kappa shape index (κ3) is 5.11. The molecule has 1 aliphatic rings. The monoisotopic (exact) mass is 370 g/mol. The van der Waals surface area contributed by atoms with Crippen LogP contribution in [0, 0.1) is 0 Å². The molecule has 1 unspecified atom stereocenters. The van der Waals surface area contributed by atoms with Crippen LogP contribution in [0.3, 0.4) is 0 Å². The van der Waals surface area contributed by atoms with Crippen molar-refractivity contribution < 1.29 is 14.3 Å². The number of rotatable bonds is 6. The summed E-state index contributed by atoms with van der Waals surface area (Å²) in [6.45, 7) is 0.939. The van der Waals surface area contributed by atoms with Crippen molar-refractivity contribution in [2.24, 2.45) is 5.73 Å². The molecule has 2 aromatic rings. The quantitative estimate of drug-likeness (QED) is 0.761. The topological polar surface area (TPSA) is 73.6 Å². The molecule has 3 rings (SSSR count). The first kappa shape index (κ1) is 18.5. The summed E-state index contributed by atoms with van der Waals surface area (Å²) >= 11 is 1.83. The van der Waals surface area contributed by atoms with Crippen LogP contribution in [0.25, 0.3) is 6.08 Å². The van der Waals surface area contributed by atoms with Crippen LogP contribution >= 0.6 is 11.8 Å². The van der Waals surface area contributed by atoms with Gasteiger partial charge in [0, 0.05) is 17.3 Å². The van der Waals surface area contributed by atoms with E-state index in [2.05, 4.69) is 16.1 Å². The van der Waals surface area contributed by atoms with Gasteiger partial charge in [-0.2, -0.15) is 0 Å². The number of ether oxygens (including phenoxy) is 2. The van der Waals surface area contributed by atoms with Crippen LogP contribution in [0.5, 0.6) is 11.5 Å². The number of nitrogens with one attached hydrogen (secondary N) is 1. The fourth-order valence-electron chi connectivity index (χ4n) is 2.60. The van der Waals surface area contributed by atoms with Gasteiger partial charge in [0.1, 0.15) is 17.5 Å². The number of esters is 1. The Balaban J connectivity index is 1.58. The van der Waals surface area contributed by atoms with Crippen molar-refractivity contribution in [3.63, 3.8) is 0 Å². The number of thioether (sulfide) groups is 1. The van der Waals surface area contributed by atoms with Crippen LogP contribution in [0.15, 0.2) is 53.4 Å². The van der Waals surface area contributed by atoms with E-state index in [0.717, 1.165) is 35.0 Å². The number of benzene rings is 2. The Labute approximate surface area is 157 Å². The predicted octanol–water partition coefficient (Wildman–Crippen LogP) is 3.16. The Bertz CT molecular complexity index is 765. The number of methoxy groups -OCH3 is 1. The Morgan fingerprint density at radius 3 is 2.42 bits per heavy atom. The highest BCUT2D eigenvalue weighted by atomic mass is 32.2. The molecule has 1 fully saturated rings. The number of carbonyl (C=O) groups excluding carboxylic acids is 1. The van der Waals surface area contributed by atoms with Crippen molar-refractivity contribution in [2.75, 3.05) is 19.5 Å². The number of carbonyl (C=O) groups is 1. The van der Waals surface area contributed by atoms with Gasteiger partial charge in [0.25, 0.3) is 0 Å². The largest absolute Gasteiger partial charge is 0.468 e. The third-order valence-corrected chi connectivity index (χ3v) is 4.97. The Hall–Kier alpha value is -2.28. The molecule has 1 heterocycles. The zero-order valence-corrected chi connectivity index (χ0v) is 15.4. The van der Waals surface area contributed by atoms with Gasteiger partial charge in [-0.3, -0.25) is 4.79 Å². The minimum Gasteiger partial charge on any atom is -0.468 e. The van der Waals surface area contributed by atoms with Crippen molar-refractivity contribution in [3.05, 3.63) is 64.6 Å². The molecule has 2 aromatic carbocycles. The Morgan fingerprint density at radius 2 is 1.85 bits per heavy atom. The molecule has 0 spiro atoms. The molecule has 0 amide bonds. The molecule has 0 radical (unpaired) electrons. The van der Waals surface area contributed by atoms with Gasteiger partial charge in [-0.1, -0.05) is 24.3 Å². The highest BCUT2D eigenvalue weighted by Crippen LogP contribution is 2.25. The molecule has 1 aliphatic heterocycles. The molecule has 6 heteroatoms. The van der Waals surface area contributed by atoms with Crippen LogP contribution in [0.4, 0.5) is 0 Å². The van der Waals surface area contributed by atoms with Crippen LogP contribution in [0.2, 0.25) is 0 Å². The fourth-order valence-corrected chi connectivity index (χ4v) is 3.41. The van der Waals surface area contributed by atoms with E-state index in [-0.39, 0.29) is 0 Å².